The molecule has 1 saturated heterocycles. The van der Waals surface area contributed by atoms with Gasteiger partial charge in [0.05, 0.1) is 10.6 Å². The zero-order valence-corrected chi connectivity index (χ0v) is 19.4. The zero-order valence-electron chi connectivity index (χ0n) is 18.6. The van der Waals surface area contributed by atoms with Crippen LogP contribution in [0.4, 0.5) is 17.3 Å². The van der Waals surface area contributed by atoms with E-state index >= 15 is 0 Å². The largest absolute Gasteiger partial charge is 0.427 e. The van der Waals surface area contributed by atoms with Crippen LogP contribution in [0.15, 0.2) is 70.7 Å². The van der Waals surface area contributed by atoms with Gasteiger partial charge in [0.2, 0.25) is 0 Å². The maximum Gasteiger partial charge on any atom is 0.308 e. The van der Waals surface area contributed by atoms with Crippen LogP contribution in [0.2, 0.25) is 0 Å². The Kier molecular flexibility index (Phi) is 6.18. The molecule has 0 bridgehead atoms. The number of aromatic nitrogens is 2. The van der Waals surface area contributed by atoms with Crippen LogP contribution in [0.1, 0.15) is 12.5 Å². The first-order valence-electron chi connectivity index (χ1n) is 11.0. The van der Waals surface area contributed by atoms with Crippen LogP contribution in [0, 0.1) is 0 Å². The van der Waals surface area contributed by atoms with Gasteiger partial charge < -0.3 is 19.9 Å². The van der Waals surface area contributed by atoms with Gasteiger partial charge in [-0.2, -0.15) is 0 Å². The fourth-order valence-corrected chi connectivity index (χ4v) is 4.78. The molecule has 4 heterocycles. The molecular formula is C25H23N5O3S. The summed E-state index contributed by atoms with van der Waals surface area (Å²) in [6, 6.07) is 16.8. The molecule has 1 aromatic carbocycles. The first-order chi connectivity index (χ1) is 16.5. The van der Waals surface area contributed by atoms with Crippen molar-refractivity contribution in [3.8, 4) is 5.75 Å². The van der Waals surface area contributed by atoms with Crippen molar-refractivity contribution in [3.05, 3.63) is 71.3 Å². The predicted octanol–water partition coefficient (Wildman–Crippen LogP) is 3.81. The summed E-state index contributed by atoms with van der Waals surface area (Å²) in [5, 5.41) is 3.70. The summed E-state index contributed by atoms with van der Waals surface area (Å²) in [6.45, 7) is 4.79. The lowest BCUT2D eigenvalue weighted by Gasteiger charge is -2.36. The molecule has 0 saturated carbocycles. The molecule has 1 fully saturated rings. The second-order valence-corrected chi connectivity index (χ2v) is 8.94. The Labute approximate surface area is 201 Å². The summed E-state index contributed by atoms with van der Waals surface area (Å²) in [5.74, 6) is 1.82. The lowest BCUT2D eigenvalue weighted by atomic mass is 10.2. The third-order valence-corrected chi connectivity index (χ3v) is 6.57. The Morgan fingerprint density at radius 2 is 1.74 bits per heavy atom. The first kappa shape index (κ1) is 22.0. The topological polar surface area (TPSA) is 87.7 Å². The number of nitrogens with one attached hydrogen (secondary N) is 1. The molecule has 0 spiro atoms. The summed E-state index contributed by atoms with van der Waals surface area (Å²) in [6.07, 6.45) is 3.62. The summed E-state index contributed by atoms with van der Waals surface area (Å²) in [5.41, 5.74) is 1.55. The van der Waals surface area contributed by atoms with E-state index in [9.17, 15) is 9.59 Å². The number of benzene rings is 1. The van der Waals surface area contributed by atoms with E-state index in [1.165, 1.54) is 18.7 Å². The number of pyridine rings is 2. The van der Waals surface area contributed by atoms with Gasteiger partial charge in [0.15, 0.2) is 0 Å². The molecule has 172 valence electrons. The number of esters is 1. The Morgan fingerprint density at radius 3 is 2.41 bits per heavy atom. The maximum atomic E-state index is 12.6. The highest BCUT2D eigenvalue weighted by molar-refractivity contribution is 8.04. The highest BCUT2D eigenvalue weighted by Gasteiger charge is 2.25. The molecule has 9 heteroatoms. The molecule has 0 aliphatic carbocycles. The molecule has 2 aromatic heterocycles. The van der Waals surface area contributed by atoms with E-state index in [2.05, 4.69) is 20.1 Å². The average molecular weight is 474 g/mol. The number of thioether (sulfide) groups is 1. The quantitative estimate of drug-likeness (QED) is 0.348. The number of anilines is 3. The van der Waals surface area contributed by atoms with Crippen LogP contribution < -0.4 is 19.9 Å². The van der Waals surface area contributed by atoms with Crippen molar-refractivity contribution in [2.45, 2.75) is 11.9 Å². The number of nitrogens with zero attached hydrogens (tertiary/aromatic N) is 4. The fourth-order valence-electron chi connectivity index (χ4n) is 3.86. The minimum absolute atomic E-state index is 0.167. The van der Waals surface area contributed by atoms with Crippen molar-refractivity contribution in [1.29, 1.82) is 0 Å². The van der Waals surface area contributed by atoms with Crippen molar-refractivity contribution in [3.63, 3.8) is 0 Å². The summed E-state index contributed by atoms with van der Waals surface area (Å²) in [4.78, 5) is 38.1. The molecule has 5 rings (SSSR count). The van der Waals surface area contributed by atoms with Crippen LogP contribution >= 0.6 is 11.8 Å². The number of amides is 1. The van der Waals surface area contributed by atoms with E-state index in [1.54, 1.807) is 30.3 Å². The lowest BCUT2D eigenvalue weighted by Crippen LogP contribution is -2.47. The van der Waals surface area contributed by atoms with E-state index in [4.69, 9.17) is 9.72 Å². The fraction of sp³-hybridized carbons (Fsp3) is 0.200. The van der Waals surface area contributed by atoms with Gasteiger partial charge in [-0.3, -0.25) is 9.59 Å². The van der Waals surface area contributed by atoms with Gasteiger partial charge in [0.1, 0.15) is 22.4 Å². The molecule has 8 nitrogen and oxygen atoms in total. The Balaban J connectivity index is 1.29. The molecule has 3 aromatic rings. The normalized spacial score (nSPS) is 16.7. The van der Waals surface area contributed by atoms with Crippen molar-refractivity contribution in [2.24, 2.45) is 0 Å². The van der Waals surface area contributed by atoms with E-state index in [-0.39, 0.29) is 11.9 Å². The molecule has 1 N–H and O–H groups in total. The highest BCUT2D eigenvalue weighted by Crippen LogP contribution is 2.39. The van der Waals surface area contributed by atoms with Gasteiger partial charge in [0.25, 0.3) is 5.91 Å². The van der Waals surface area contributed by atoms with Gasteiger partial charge >= 0.3 is 5.97 Å². The van der Waals surface area contributed by atoms with E-state index in [0.29, 0.717) is 16.3 Å². The second kappa shape index (κ2) is 9.56. The minimum atomic E-state index is -0.370. The van der Waals surface area contributed by atoms with Gasteiger partial charge in [-0.1, -0.05) is 30.0 Å². The Hall–Kier alpha value is -3.85. The standard InChI is InChI=1S/C25H23N5O3S/c1-17(31)33-19-7-5-18(6-8-19)16-21-24(32)27-20-9-10-23(28-25(20)34-21)30-14-12-29(13-15-30)22-4-2-3-11-26-22/h2-11,16H,12-15H2,1H3,(H,27,32). The predicted molar refractivity (Wildman–Crippen MR) is 133 cm³/mol. The van der Waals surface area contributed by atoms with Crippen LogP contribution in [-0.4, -0.2) is 48.0 Å². The van der Waals surface area contributed by atoms with Crippen LogP contribution in [-0.2, 0) is 9.59 Å². The summed E-state index contributed by atoms with van der Waals surface area (Å²) < 4.78 is 5.06. The number of ether oxygens (including phenoxy) is 1. The van der Waals surface area contributed by atoms with Crippen molar-refractivity contribution in [1.82, 2.24) is 9.97 Å². The molecule has 0 unspecified atom stereocenters. The summed E-state index contributed by atoms with van der Waals surface area (Å²) >= 11 is 1.36. The van der Waals surface area contributed by atoms with Crippen LogP contribution in [0.3, 0.4) is 0 Å². The smallest absolute Gasteiger partial charge is 0.308 e. The maximum absolute atomic E-state index is 12.6. The average Bonchev–Trinajstić information content (AvgIpc) is 2.86. The first-order valence-corrected chi connectivity index (χ1v) is 11.8. The SMILES string of the molecule is CC(=O)Oc1ccc(C=C2Sc3nc(N4CCN(c5ccccn5)CC4)ccc3NC2=O)cc1. The number of piperazine rings is 1. The summed E-state index contributed by atoms with van der Waals surface area (Å²) in [7, 11) is 0. The number of carbonyl (C=O) groups excluding carboxylic acids is 2. The second-order valence-electron chi connectivity index (χ2n) is 7.91. The van der Waals surface area contributed by atoms with Crippen LogP contribution in [0.25, 0.3) is 6.08 Å². The number of fused-ring (bicyclic) bond motifs is 1. The van der Waals surface area contributed by atoms with E-state index < -0.39 is 0 Å². The third-order valence-electron chi connectivity index (χ3n) is 5.54. The molecular weight excluding hydrogens is 450 g/mol. The Bertz CT molecular complexity index is 1240. The number of carbonyl (C=O) groups is 2. The molecule has 34 heavy (non-hydrogen) atoms. The molecule has 0 atom stereocenters. The molecule has 2 aliphatic rings. The van der Waals surface area contributed by atoms with Crippen molar-refractivity contribution in [2.75, 3.05) is 41.3 Å². The lowest BCUT2D eigenvalue weighted by molar-refractivity contribution is -0.131. The van der Waals surface area contributed by atoms with Crippen molar-refractivity contribution < 1.29 is 14.3 Å². The molecule has 1 amide bonds. The van der Waals surface area contributed by atoms with Gasteiger partial charge in [-0.05, 0) is 48.0 Å². The third kappa shape index (κ3) is 4.89. The zero-order chi connectivity index (χ0) is 23.5. The van der Waals surface area contributed by atoms with Gasteiger partial charge in [0, 0.05) is 39.3 Å². The molecule has 2 aliphatic heterocycles. The number of hydrogen-bond donors (Lipinski definition) is 1. The van der Waals surface area contributed by atoms with Gasteiger partial charge in [-0.15, -0.1) is 0 Å². The van der Waals surface area contributed by atoms with E-state index in [1.807, 2.05) is 36.5 Å². The monoisotopic (exact) mass is 473 g/mol. The van der Waals surface area contributed by atoms with Gasteiger partial charge in [-0.25, -0.2) is 9.97 Å². The number of rotatable bonds is 4. The van der Waals surface area contributed by atoms with Crippen molar-refractivity contribution >= 4 is 47.0 Å². The van der Waals surface area contributed by atoms with Crippen LogP contribution in [0.5, 0.6) is 5.75 Å². The number of hydrogen-bond acceptors (Lipinski definition) is 8. The Morgan fingerprint density at radius 1 is 1.00 bits per heavy atom. The molecule has 0 radical (unpaired) electrons. The van der Waals surface area contributed by atoms with E-state index in [0.717, 1.165) is 48.4 Å². The highest BCUT2D eigenvalue weighted by atomic mass is 32.2. The minimum Gasteiger partial charge on any atom is -0.427 e.